The van der Waals surface area contributed by atoms with E-state index in [-0.39, 0.29) is 0 Å². The number of aryl methyl sites for hydroxylation is 1. The maximum absolute atomic E-state index is 6.04. The van der Waals surface area contributed by atoms with Crippen molar-refractivity contribution in [3.05, 3.63) is 96.8 Å². The predicted molar refractivity (Wildman–Crippen MR) is 131 cm³/mol. The van der Waals surface area contributed by atoms with Gasteiger partial charge >= 0.3 is 0 Å². The van der Waals surface area contributed by atoms with E-state index in [9.17, 15) is 0 Å². The van der Waals surface area contributed by atoms with Gasteiger partial charge in [-0.1, -0.05) is 48.5 Å². The molecule has 33 heavy (non-hydrogen) atoms. The zero-order valence-corrected chi connectivity index (χ0v) is 18.6. The SMILES string of the molecule is COc1cccc(OCc2nc3ccccc3n2CCCOc2ccc3ccccc3c2)c1. The van der Waals surface area contributed by atoms with Crippen LogP contribution in [0.25, 0.3) is 21.8 Å². The number of imidazole rings is 1. The lowest BCUT2D eigenvalue weighted by atomic mass is 10.1. The summed E-state index contributed by atoms with van der Waals surface area (Å²) in [7, 11) is 1.65. The van der Waals surface area contributed by atoms with Crippen molar-refractivity contribution in [3.8, 4) is 17.2 Å². The Morgan fingerprint density at radius 2 is 1.52 bits per heavy atom. The normalized spacial score (nSPS) is 11.1. The summed E-state index contributed by atoms with van der Waals surface area (Å²) >= 11 is 0. The number of para-hydroxylation sites is 2. The maximum atomic E-state index is 6.04. The first-order chi connectivity index (χ1) is 16.3. The van der Waals surface area contributed by atoms with Crippen LogP contribution < -0.4 is 14.2 Å². The van der Waals surface area contributed by atoms with Crippen molar-refractivity contribution in [2.24, 2.45) is 0 Å². The average Bonchev–Trinajstić information content (AvgIpc) is 3.23. The van der Waals surface area contributed by atoms with Crippen molar-refractivity contribution >= 4 is 21.8 Å². The Morgan fingerprint density at radius 3 is 2.42 bits per heavy atom. The number of hydrogen-bond acceptors (Lipinski definition) is 4. The molecule has 0 atom stereocenters. The molecule has 5 heteroatoms. The van der Waals surface area contributed by atoms with E-state index < -0.39 is 0 Å². The van der Waals surface area contributed by atoms with Crippen molar-refractivity contribution in [1.29, 1.82) is 0 Å². The number of rotatable bonds is 9. The molecule has 1 heterocycles. The molecule has 0 unspecified atom stereocenters. The van der Waals surface area contributed by atoms with Crippen LogP contribution in [0, 0.1) is 0 Å². The largest absolute Gasteiger partial charge is 0.497 e. The summed E-state index contributed by atoms with van der Waals surface area (Å²) in [6, 6.07) is 30.3. The van der Waals surface area contributed by atoms with E-state index >= 15 is 0 Å². The number of benzene rings is 4. The number of aromatic nitrogens is 2. The minimum atomic E-state index is 0.382. The van der Waals surface area contributed by atoms with Gasteiger partial charge in [0, 0.05) is 12.6 Å². The highest BCUT2D eigenvalue weighted by Crippen LogP contribution is 2.23. The van der Waals surface area contributed by atoms with Crippen LogP contribution in [0.2, 0.25) is 0 Å². The second kappa shape index (κ2) is 9.65. The Balaban J connectivity index is 1.26. The molecule has 0 aliphatic heterocycles. The zero-order chi connectivity index (χ0) is 22.5. The lowest BCUT2D eigenvalue weighted by molar-refractivity contribution is 0.279. The van der Waals surface area contributed by atoms with Gasteiger partial charge in [0.1, 0.15) is 29.7 Å². The van der Waals surface area contributed by atoms with Crippen LogP contribution >= 0.6 is 0 Å². The molecule has 0 aliphatic rings. The molecule has 0 saturated carbocycles. The Hall–Kier alpha value is -3.99. The molecule has 0 amide bonds. The predicted octanol–water partition coefficient (Wildman–Crippen LogP) is 6.25. The minimum Gasteiger partial charge on any atom is -0.497 e. The second-order valence-electron chi connectivity index (χ2n) is 7.85. The quantitative estimate of drug-likeness (QED) is 0.255. The fourth-order valence-corrected chi connectivity index (χ4v) is 3.99. The molecule has 0 spiro atoms. The van der Waals surface area contributed by atoms with Crippen molar-refractivity contribution in [2.45, 2.75) is 19.6 Å². The van der Waals surface area contributed by atoms with Gasteiger partial charge in [-0.25, -0.2) is 4.98 Å². The third-order valence-electron chi connectivity index (χ3n) is 5.66. The van der Waals surface area contributed by atoms with Gasteiger partial charge in [-0.3, -0.25) is 0 Å². The Kier molecular flexibility index (Phi) is 6.11. The summed E-state index contributed by atoms with van der Waals surface area (Å²) in [5.41, 5.74) is 2.07. The summed E-state index contributed by atoms with van der Waals surface area (Å²) in [5, 5.41) is 2.41. The zero-order valence-electron chi connectivity index (χ0n) is 18.6. The summed E-state index contributed by atoms with van der Waals surface area (Å²) < 4.78 is 19.6. The lowest BCUT2D eigenvalue weighted by Crippen LogP contribution is -2.10. The molecule has 0 fully saturated rings. The minimum absolute atomic E-state index is 0.382. The molecule has 0 radical (unpaired) electrons. The number of nitrogens with zero attached hydrogens (tertiary/aromatic N) is 2. The van der Waals surface area contributed by atoms with Crippen LogP contribution in [-0.4, -0.2) is 23.3 Å². The maximum Gasteiger partial charge on any atom is 0.147 e. The first-order valence-corrected chi connectivity index (χ1v) is 11.1. The molecule has 0 N–H and O–H groups in total. The number of ether oxygens (including phenoxy) is 3. The standard InChI is InChI=1S/C28H26N2O3/c1-31-23-10-6-11-24(19-23)33-20-28-29-26-12-4-5-13-27(26)30(28)16-7-17-32-25-15-14-21-8-2-3-9-22(21)18-25/h2-6,8-15,18-19H,7,16-17,20H2,1H3. The molecule has 166 valence electrons. The average molecular weight is 439 g/mol. The molecule has 1 aromatic heterocycles. The fraction of sp³-hybridized carbons (Fsp3) is 0.179. The topological polar surface area (TPSA) is 45.5 Å². The van der Waals surface area contributed by atoms with Crippen molar-refractivity contribution in [3.63, 3.8) is 0 Å². The van der Waals surface area contributed by atoms with Crippen LogP contribution in [0.1, 0.15) is 12.2 Å². The molecular weight excluding hydrogens is 412 g/mol. The fourth-order valence-electron chi connectivity index (χ4n) is 3.99. The third-order valence-corrected chi connectivity index (χ3v) is 5.66. The van der Waals surface area contributed by atoms with Crippen LogP contribution in [0.3, 0.4) is 0 Å². The van der Waals surface area contributed by atoms with Crippen molar-refractivity contribution < 1.29 is 14.2 Å². The van der Waals surface area contributed by atoms with Crippen molar-refractivity contribution in [1.82, 2.24) is 9.55 Å². The summed E-state index contributed by atoms with van der Waals surface area (Å²) in [4.78, 5) is 4.81. The molecule has 5 aromatic rings. The van der Waals surface area contributed by atoms with E-state index in [2.05, 4.69) is 34.9 Å². The molecule has 0 saturated heterocycles. The van der Waals surface area contributed by atoms with Gasteiger partial charge in [0.25, 0.3) is 0 Å². The number of hydrogen-bond donors (Lipinski definition) is 0. The smallest absolute Gasteiger partial charge is 0.147 e. The second-order valence-corrected chi connectivity index (χ2v) is 7.85. The summed E-state index contributed by atoms with van der Waals surface area (Å²) in [6.45, 7) is 1.80. The van der Waals surface area contributed by atoms with Gasteiger partial charge in [0.05, 0.1) is 24.8 Å². The van der Waals surface area contributed by atoms with E-state index in [4.69, 9.17) is 19.2 Å². The Morgan fingerprint density at radius 1 is 0.727 bits per heavy atom. The number of methoxy groups -OCH3 is 1. The van der Waals surface area contributed by atoms with Crippen LogP contribution in [-0.2, 0) is 13.2 Å². The van der Waals surface area contributed by atoms with Crippen LogP contribution in [0.5, 0.6) is 17.2 Å². The molecule has 0 bridgehead atoms. The van der Waals surface area contributed by atoms with Crippen molar-refractivity contribution in [2.75, 3.05) is 13.7 Å². The van der Waals surface area contributed by atoms with Crippen LogP contribution in [0.4, 0.5) is 0 Å². The van der Waals surface area contributed by atoms with Gasteiger partial charge in [-0.2, -0.15) is 0 Å². The van der Waals surface area contributed by atoms with Gasteiger partial charge in [-0.15, -0.1) is 0 Å². The summed E-state index contributed by atoms with van der Waals surface area (Å²) in [6.07, 6.45) is 0.860. The van der Waals surface area contributed by atoms with E-state index in [1.54, 1.807) is 7.11 Å². The highest BCUT2D eigenvalue weighted by molar-refractivity contribution is 5.83. The van der Waals surface area contributed by atoms with Gasteiger partial charge < -0.3 is 18.8 Å². The molecule has 5 nitrogen and oxygen atoms in total. The Bertz CT molecular complexity index is 1380. The molecule has 0 aliphatic carbocycles. The third kappa shape index (κ3) is 4.77. The first-order valence-electron chi connectivity index (χ1n) is 11.1. The highest BCUT2D eigenvalue weighted by Gasteiger charge is 2.11. The molecule has 4 aromatic carbocycles. The van der Waals surface area contributed by atoms with E-state index in [1.165, 1.54) is 10.8 Å². The number of fused-ring (bicyclic) bond motifs is 2. The molecular formula is C28H26N2O3. The monoisotopic (exact) mass is 438 g/mol. The highest BCUT2D eigenvalue weighted by atomic mass is 16.5. The van der Waals surface area contributed by atoms with Gasteiger partial charge in [-0.05, 0) is 53.6 Å². The lowest BCUT2D eigenvalue weighted by Gasteiger charge is -2.12. The molecule has 5 rings (SSSR count). The van der Waals surface area contributed by atoms with E-state index in [1.807, 2.05) is 60.7 Å². The van der Waals surface area contributed by atoms with E-state index in [0.29, 0.717) is 13.2 Å². The van der Waals surface area contributed by atoms with Gasteiger partial charge in [0.2, 0.25) is 0 Å². The Labute approximate surface area is 193 Å². The summed E-state index contributed by atoms with van der Waals surface area (Å²) in [5.74, 6) is 3.31. The van der Waals surface area contributed by atoms with Crippen LogP contribution in [0.15, 0.2) is 91.0 Å². The first kappa shape index (κ1) is 20.9. The van der Waals surface area contributed by atoms with Gasteiger partial charge in [0.15, 0.2) is 0 Å². The van der Waals surface area contributed by atoms with E-state index in [0.717, 1.165) is 47.1 Å².